The van der Waals surface area contributed by atoms with Gasteiger partial charge >= 0.3 is 5.97 Å². The number of esters is 1. The van der Waals surface area contributed by atoms with Crippen molar-refractivity contribution in [2.75, 3.05) is 46.4 Å². The maximum atomic E-state index is 12.8. The number of benzene rings is 1. The first kappa shape index (κ1) is 20.3. The van der Waals surface area contributed by atoms with Gasteiger partial charge in [0.15, 0.2) is 0 Å². The second kappa shape index (κ2) is 9.68. The normalized spacial score (nSPS) is 18.2. The van der Waals surface area contributed by atoms with Gasteiger partial charge < -0.3 is 19.9 Å². The van der Waals surface area contributed by atoms with E-state index in [0.29, 0.717) is 44.0 Å². The van der Waals surface area contributed by atoms with E-state index in [1.54, 1.807) is 9.80 Å². The van der Waals surface area contributed by atoms with Gasteiger partial charge in [-0.15, -0.1) is 0 Å². The first-order valence-corrected chi connectivity index (χ1v) is 10.0. The molecule has 0 spiro atoms. The molecule has 0 aromatic heterocycles. The molecular weight excluding hydrogens is 358 g/mol. The Labute approximate surface area is 166 Å². The van der Waals surface area contributed by atoms with Gasteiger partial charge in [-0.3, -0.25) is 14.4 Å². The molecule has 0 aliphatic carbocycles. The van der Waals surface area contributed by atoms with E-state index in [1.165, 1.54) is 12.7 Å². The summed E-state index contributed by atoms with van der Waals surface area (Å²) < 4.78 is 4.61. The van der Waals surface area contributed by atoms with E-state index in [0.717, 1.165) is 25.9 Å². The number of nitrogens with zero attached hydrogens (tertiary/aromatic N) is 2. The zero-order chi connectivity index (χ0) is 19.9. The van der Waals surface area contributed by atoms with Crippen LogP contribution in [0.3, 0.4) is 0 Å². The van der Waals surface area contributed by atoms with Crippen LogP contribution in [0.1, 0.15) is 47.5 Å². The molecule has 0 atom stereocenters. The van der Waals surface area contributed by atoms with Crippen LogP contribution < -0.4 is 5.32 Å². The number of methoxy groups -OCH3 is 1. The van der Waals surface area contributed by atoms with Gasteiger partial charge in [-0.25, -0.2) is 0 Å². The van der Waals surface area contributed by atoms with E-state index < -0.39 is 0 Å². The molecule has 7 heteroatoms. The molecule has 2 aliphatic rings. The van der Waals surface area contributed by atoms with Crippen molar-refractivity contribution < 1.29 is 19.1 Å². The molecule has 0 radical (unpaired) electrons. The standard InChI is InChI=1S/C21H29N3O4/c1-28-20(26)3-2-12-23-13-14-24(15-19(23)25)21(27)18-6-4-16(5-7-18)17-8-10-22-11-9-17/h4-7,17,22H,2-3,8-15H2,1H3. The van der Waals surface area contributed by atoms with Crippen molar-refractivity contribution in [3.8, 4) is 0 Å². The fourth-order valence-electron chi connectivity index (χ4n) is 3.87. The summed E-state index contributed by atoms with van der Waals surface area (Å²) in [7, 11) is 1.36. The Morgan fingerprint density at radius 3 is 2.50 bits per heavy atom. The number of piperazine rings is 1. The van der Waals surface area contributed by atoms with Crippen LogP contribution >= 0.6 is 0 Å². The third-order valence-electron chi connectivity index (χ3n) is 5.61. The lowest BCUT2D eigenvalue weighted by Gasteiger charge is -2.34. The van der Waals surface area contributed by atoms with Gasteiger partial charge in [0, 0.05) is 31.6 Å². The van der Waals surface area contributed by atoms with Crippen LogP contribution in [0.5, 0.6) is 0 Å². The van der Waals surface area contributed by atoms with Crippen LogP contribution in [-0.4, -0.2) is 74.0 Å². The maximum Gasteiger partial charge on any atom is 0.305 e. The topological polar surface area (TPSA) is 79.0 Å². The molecule has 2 saturated heterocycles. The minimum atomic E-state index is -0.269. The summed E-state index contributed by atoms with van der Waals surface area (Å²) in [6, 6.07) is 7.86. The largest absolute Gasteiger partial charge is 0.469 e. The highest BCUT2D eigenvalue weighted by Crippen LogP contribution is 2.25. The first-order valence-electron chi connectivity index (χ1n) is 10.0. The van der Waals surface area contributed by atoms with Gasteiger partial charge in [0.2, 0.25) is 5.91 Å². The van der Waals surface area contributed by atoms with Crippen molar-refractivity contribution in [2.24, 2.45) is 0 Å². The highest BCUT2D eigenvalue weighted by molar-refractivity contribution is 5.97. The molecule has 2 aliphatic heterocycles. The summed E-state index contributed by atoms with van der Waals surface area (Å²) in [5.74, 6) is 0.116. The highest BCUT2D eigenvalue weighted by atomic mass is 16.5. The third-order valence-corrected chi connectivity index (χ3v) is 5.61. The second-order valence-electron chi connectivity index (χ2n) is 7.43. The van der Waals surface area contributed by atoms with Crippen molar-refractivity contribution in [3.63, 3.8) is 0 Å². The van der Waals surface area contributed by atoms with E-state index >= 15 is 0 Å². The Hall–Kier alpha value is -2.41. The molecule has 1 N–H and O–H groups in total. The Bertz CT molecular complexity index is 698. The van der Waals surface area contributed by atoms with Gasteiger partial charge in [-0.2, -0.15) is 0 Å². The van der Waals surface area contributed by atoms with Crippen molar-refractivity contribution in [1.82, 2.24) is 15.1 Å². The Morgan fingerprint density at radius 2 is 1.86 bits per heavy atom. The molecule has 3 rings (SSSR count). The van der Waals surface area contributed by atoms with Gasteiger partial charge in [0.1, 0.15) is 6.54 Å². The summed E-state index contributed by atoms with van der Waals surface area (Å²) in [5.41, 5.74) is 1.91. The number of amides is 2. The Morgan fingerprint density at radius 1 is 1.14 bits per heavy atom. The summed E-state index contributed by atoms with van der Waals surface area (Å²) in [5, 5.41) is 3.37. The average molecular weight is 387 g/mol. The van der Waals surface area contributed by atoms with Crippen LogP contribution in [-0.2, 0) is 14.3 Å². The number of carbonyl (C=O) groups is 3. The smallest absolute Gasteiger partial charge is 0.305 e. The van der Waals surface area contributed by atoms with Crippen LogP contribution in [0.25, 0.3) is 0 Å². The van der Waals surface area contributed by atoms with Crippen LogP contribution in [0.4, 0.5) is 0 Å². The summed E-state index contributed by atoms with van der Waals surface area (Å²) in [4.78, 5) is 39.6. The zero-order valence-corrected chi connectivity index (χ0v) is 16.5. The van der Waals surface area contributed by atoms with Crippen molar-refractivity contribution in [1.29, 1.82) is 0 Å². The molecule has 1 aromatic rings. The predicted molar refractivity (Wildman–Crippen MR) is 105 cm³/mol. The molecule has 28 heavy (non-hydrogen) atoms. The Balaban J connectivity index is 1.51. The zero-order valence-electron chi connectivity index (χ0n) is 16.5. The summed E-state index contributed by atoms with van der Waals surface area (Å²) in [6.45, 7) is 3.69. The molecule has 0 unspecified atom stereocenters. The number of hydrogen-bond acceptors (Lipinski definition) is 5. The van der Waals surface area contributed by atoms with E-state index in [9.17, 15) is 14.4 Å². The van der Waals surface area contributed by atoms with Gasteiger partial charge in [0.05, 0.1) is 7.11 Å². The number of carbonyl (C=O) groups excluding carboxylic acids is 3. The van der Waals surface area contributed by atoms with E-state index in [2.05, 4.69) is 10.1 Å². The first-order chi connectivity index (χ1) is 13.6. The number of ether oxygens (including phenoxy) is 1. The number of hydrogen-bond donors (Lipinski definition) is 1. The van der Waals surface area contributed by atoms with Crippen molar-refractivity contribution in [2.45, 2.75) is 31.6 Å². The predicted octanol–water partition coefficient (Wildman–Crippen LogP) is 1.39. The van der Waals surface area contributed by atoms with Crippen molar-refractivity contribution in [3.05, 3.63) is 35.4 Å². The van der Waals surface area contributed by atoms with E-state index in [-0.39, 0.29) is 24.3 Å². The molecule has 1 aromatic carbocycles. The van der Waals surface area contributed by atoms with Crippen LogP contribution in [0.15, 0.2) is 24.3 Å². The molecule has 7 nitrogen and oxygen atoms in total. The molecule has 0 bridgehead atoms. The third kappa shape index (κ3) is 5.10. The lowest BCUT2D eigenvalue weighted by atomic mass is 9.90. The highest BCUT2D eigenvalue weighted by Gasteiger charge is 2.27. The van der Waals surface area contributed by atoms with Gasteiger partial charge in [-0.1, -0.05) is 12.1 Å². The Kier molecular flexibility index (Phi) is 7.03. The minimum absolute atomic E-state index is 0.0733. The monoisotopic (exact) mass is 387 g/mol. The number of nitrogens with one attached hydrogen (secondary N) is 1. The fraction of sp³-hybridized carbons (Fsp3) is 0.571. The minimum Gasteiger partial charge on any atom is -0.469 e. The lowest BCUT2D eigenvalue weighted by Crippen LogP contribution is -2.52. The molecular formula is C21H29N3O4. The van der Waals surface area contributed by atoms with E-state index in [4.69, 9.17) is 0 Å². The lowest BCUT2D eigenvalue weighted by molar-refractivity contribution is -0.141. The SMILES string of the molecule is COC(=O)CCCN1CCN(C(=O)c2ccc(C3CCNCC3)cc2)CC1=O. The molecule has 152 valence electrons. The average Bonchev–Trinajstić information content (AvgIpc) is 2.75. The maximum absolute atomic E-state index is 12.8. The second-order valence-corrected chi connectivity index (χ2v) is 7.43. The van der Waals surface area contributed by atoms with Gasteiger partial charge in [0.25, 0.3) is 5.91 Å². The molecule has 0 saturated carbocycles. The van der Waals surface area contributed by atoms with E-state index in [1.807, 2.05) is 24.3 Å². The summed E-state index contributed by atoms with van der Waals surface area (Å²) >= 11 is 0. The van der Waals surface area contributed by atoms with Crippen LogP contribution in [0.2, 0.25) is 0 Å². The van der Waals surface area contributed by atoms with Crippen LogP contribution in [0, 0.1) is 0 Å². The fourth-order valence-corrected chi connectivity index (χ4v) is 3.87. The molecule has 2 fully saturated rings. The number of piperidine rings is 1. The van der Waals surface area contributed by atoms with Gasteiger partial charge in [-0.05, 0) is 56.0 Å². The molecule has 2 amide bonds. The summed E-state index contributed by atoms with van der Waals surface area (Å²) in [6.07, 6.45) is 3.12. The quantitative estimate of drug-likeness (QED) is 0.747. The molecule has 2 heterocycles. The number of rotatable bonds is 6. The van der Waals surface area contributed by atoms with Crippen molar-refractivity contribution >= 4 is 17.8 Å².